The Kier molecular flexibility index (Phi) is 5.47. The molecule has 0 unspecified atom stereocenters. The summed E-state index contributed by atoms with van der Waals surface area (Å²) in [5, 5.41) is 9.74. The average Bonchev–Trinajstić information content (AvgIpc) is 3.45. The molecule has 1 saturated carbocycles. The Morgan fingerprint density at radius 3 is 2.47 bits per heavy atom. The molecule has 2 aromatic carbocycles. The van der Waals surface area contributed by atoms with E-state index in [-0.39, 0.29) is 11.9 Å². The summed E-state index contributed by atoms with van der Waals surface area (Å²) in [6.07, 6.45) is 7.57. The number of anilines is 4. The van der Waals surface area contributed by atoms with Crippen molar-refractivity contribution in [1.82, 2.24) is 19.9 Å². The maximum absolute atomic E-state index is 12.6. The summed E-state index contributed by atoms with van der Waals surface area (Å²) in [7, 11) is 0. The van der Waals surface area contributed by atoms with Gasteiger partial charge in [0.1, 0.15) is 5.02 Å². The first-order valence-electron chi connectivity index (χ1n) is 10.4. The van der Waals surface area contributed by atoms with Crippen LogP contribution in [-0.2, 0) is 0 Å². The second kappa shape index (κ2) is 8.72. The van der Waals surface area contributed by atoms with E-state index in [9.17, 15) is 4.79 Å². The van der Waals surface area contributed by atoms with E-state index in [4.69, 9.17) is 11.6 Å². The second-order valence-corrected chi connectivity index (χ2v) is 7.98. The standard InChI is InChI=1S/C24H21ClN6O/c25-20-15-26-24(28-17-9-11-18(12-10-17)31-13-3-4-14-31)30-22(20)29-21-6-2-1-5-19(21)23(32)27-16-7-8-16/h1-6,9-16H,7-8H2,(H,27,32)(H2,26,28,29,30). The van der Waals surface area contributed by atoms with Gasteiger partial charge in [-0.05, 0) is 61.4 Å². The van der Waals surface area contributed by atoms with Gasteiger partial charge in [-0.3, -0.25) is 4.79 Å². The average molecular weight is 445 g/mol. The highest BCUT2D eigenvalue weighted by Crippen LogP contribution is 2.28. The summed E-state index contributed by atoms with van der Waals surface area (Å²) in [5.74, 6) is 0.701. The first-order chi connectivity index (χ1) is 15.7. The van der Waals surface area contributed by atoms with Gasteiger partial charge in [-0.25, -0.2) is 4.98 Å². The molecule has 0 atom stereocenters. The minimum absolute atomic E-state index is 0.109. The van der Waals surface area contributed by atoms with Crippen molar-refractivity contribution in [2.24, 2.45) is 0 Å². The molecule has 5 rings (SSSR count). The topological polar surface area (TPSA) is 83.9 Å². The number of amides is 1. The lowest BCUT2D eigenvalue weighted by molar-refractivity contribution is 0.0952. The zero-order valence-electron chi connectivity index (χ0n) is 17.1. The molecule has 32 heavy (non-hydrogen) atoms. The summed E-state index contributed by atoms with van der Waals surface area (Å²) < 4.78 is 2.03. The molecule has 1 amide bonds. The molecule has 1 fully saturated rings. The molecule has 1 aliphatic carbocycles. The van der Waals surface area contributed by atoms with Crippen molar-refractivity contribution < 1.29 is 4.79 Å². The van der Waals surface area contributed by atoms with Crippen molar-refractivity contribution in [2.45, 2.75) is 18.9 Å². The van der Waals surface area contributed by atoms with Gasteiger partial charge in [0.2, 0.25) is 5.95 Å². The summed E-state index contributed by atoms with van der Waals surface area (Å²) >= 11 is 6.33. The fourth-order valence-electron chi connectivity index (χ4n) is 3.28. The van der Waals surface area contributed by atoms with Gasteiger partial charge in [0, 0.05) is 29.8 Å². The minimum Gasteiger partial charge on any atom is -0.349 e. The molecule has 2 aromatic heterocycles. The van der Waals surface area contributed by atoms with E-state index in [1.54, 1.807) is 6.07 Å². The zero-order chi connectivity index (χ0) is 21.9. The van der Waals surface area contributed by atoms with E-state index in [0.717, 1.165) is 24.2 Å². The summed E-state index contributed by atoms with van der Waals surface area (Å²) in [4.78, 5) is 21.4. The first-order valence-corrected chi connectivity index (χ1v) is 10.7. The smallest absolute Gasteiger partial charge is 0.253 e. The Balaban J connectivity index is 1.34. The summed E-state index contributed by atoms with van der Waals surface area (Å²) in [6.45, 7) is 0. The molecule has 3 N–H and O–H groups in total. The number of rotatable bonds is 7. The third kappa shape index (κ3) is 4.58. The Labute approximate surface area is 190 Å². The van der Waals surface area contributed by atoms with Gasteiger partial charge in [0.05, 0.1) is 17.4 Å². The molecule has 2 heterocycles. The van der Waals surface area contributed by atoms with E-state index in [0.29, 0.717) is 28.0 Å². The fraction of sp³-hybridized carbons (Fsp3) is 0.125. The van der Waals surface area contributed by atoms with E-state index in [1.165, 1.54) is 6.20 Å². The lowest BCUT2D eigenvalue weighted by Gasteiger charge is -2.13. The number of aromatic nitrogens is 3. The van der Waals surface area contributed by atoms with Crippen LogP contribution in [0.2, 0.25) is 5.02 Å². The van der Waals surface area contributed by atoms with Crippen molar-refractivity contribution >= 4 is 40.6 Å². The van der Waals surface area contributed by atoms with Crippen molar-refractivity contribution in [2.75, 3.05) is 10.6 Å². The number of hydrogen-bond donors (Lipinski definition) is 3. The number of nitrogens with one attached hydrogen (secondary N) is 3. The predicted octanol–water partition coefficient (Wildman–Crippen LogP) is 5.30. The SMILES string of the molecule is O=C(NC1CC1)c1ccccc1Nc1nc(Nc2ccc(-n3cccc3)cc2)ncc1Cl. The minimum atomic E-state index is -0.109. The third-order valence-corrected chi connectivity index (χ3v) is 5.38. The van der Waals surface area contributed by atoms with Gasteiger partial charge in [-0.1, -0.05) is 23.7 Å². The Hall–Kier alpha value is -3.84. The van der Waals surface area contributed by atoms with Gasteiger partial charge < -0.3 is 20.5 Å². The van der Waals surface area contributed by atoms with Gasteiger partial charge >= 0.3 is 0 Å². The molecule has 0 saturated heterocycles. The normalized spacial score (nSPS) is 12.9. The van der Waals surface area contributed by atoms with E-state index in [1.807, 2.05) is 71.6 Å². The number of benzene rings is 2. The molecule has 0 spiro atoms. The number of nitrogens with zero attached hydrogens (tertiary/aromatic N) is 3. The van der Waals surface area contributed by atoms with Crippen molar-refractivity contribution in [3.8, 4) is 5.69 Å². The summed E-state index contributed by atoms with van der Waals surface area (Å²) in [5.41, 5.74) is 3.08. The van der Waals surface area contributed by atoms with E-state index >= 15 is 0 Å². The van der Waals surface area contributed by atoms with Crippen LogP contribution in [-0.4, -0.2) is 26.5 Å². The van der Waals surface area contributed by atoms with Crippen molar-refractivity contribution in [3.05, 3.63) is 89.8 Å². The van der Waals surface area contributed by atoms with Crippen LogP contribution in [0, 0.1) is 0 Å². The molecular weight excluding hydrogens is 424 g/mol. The van der Waals surface area contributed by atoms with Crippen LogP contribution in [0.3, 0.4) is 0 Å². The van der Waals surface area contributed by atoms with Crippen molar-refractivity contribution in [3.63, 3.8) is 0 Å². The molecule has 4 aromatic rings. The maximum Gasteiger partial charge on any atom is 0.253 e. The second-order valence-electron chi connectivity index (χ2n) is 7.57. The van der Waals surface area contributed by atoms with Gasteiger partial charge in [0.25, 0.3) is 5.91 Å². The monoisotopic (exact) mass is 444 g/mol. The lowest BCUT2D eigenvalue weighted by Crippen LogP contribution is -2.26. The summed E-state index contributed by atoms with van der Waals surface area (Å²) in [6, 6.07) is 19.5. The van der Waals surface area contributed by atoms with Gasteiger partial charge in [0.15, 0.2) is 5.82 Å². The van der Waals surface area contributed by atoms with Crippen LogP contribution in [0.25, 0.3) is 5.69 Å². The molecule has 1 aliphatic rings. The molecule has 160 valence electrons. The number of hydrogen-bond acceptors (Lipinski definition) is 5. The highest BCUT2D eigenvalue weighted by molar-refractivity contribution is 6.33. The van der Waals surface area contributed by atoms with Crippen LogP contribution >= 0.6 is 11.6 Å². The Morgan fingerprint density at radius 1 is 0.969 bits per heavy atom. The van der Waals surface area contributed by atoms with E-state index in [2.05, 4.69) is 25.9 Å². The number of carbonyl (C=O) groups excluding carboxylic acids is 1. The molecular formula is C24H21ClN6O. The third-order valence-electron chi connectivity index (χ3n) is 5.11. The number of para-hydroxylation sites is 1. The molecule has 7 nitrogen and oxygen atoms in total. The number of halogens is 1. The zero-order valence-corrected chi connectivity index (χ0v) is 17.9. The van der Waals surface area contributed by atoms with Crippen LogP contribution in [0.1, 0.15) is 23.2 Å². The predicted molar refractivity (Wildman–Crippen MR) is 126 cm³/mol. The van der Waals surface area contributed by atoms with Crippen LogP contribution in [0.5, 0.6) is 0 Å². The van der Waals surface area contributed by atoms with Gasteiger partial charge in [-0.15, -0.1) is 0 Å². The van der Waals surface area contributed by atoms with E-state index < -0.39 is 0 Å². The van der Waals surface area contributed by atoms with Crippen LogP contribution in [0.15, 0.2) is 79.3 Å². The molecule has 8 heteroatoms. The molecule has 0 bridgehead atoms. The fourth-order valence-corrected chi connectivity index (χ4v) is 3.41. The van der Waals surface area contributed by atoms with Crippen molar-refractivity contribution in [1.29, 1.82) is 0 Å². The Morgan fingerprint density at radius 2 is 1.72 bits per heavy atom. The Bertz CT molecular complexity index is 1240. The quantitative estimate of drug-likeness (QED) is 0.360. The maximum atomic E-state index is 12.6. The van der Waals surface area contributed by atoms with Crippen LogP contribution < -0.4 is 16.0 Å². The highest BCUT2D eigenvalue weighted by atomic mass is 35.5. The largest absolute Gasteiger partial charge is 0.349 e. The lowest BCUT2D eigenvalue weighted by atomic mass is 10.1. The highest BCUT2D eigenvalue weighted by Gasteiger charge is 2.25. The number of carbonyl (C=O) groups is 1. The van der Waals surface area contributed by atoms with Crippen LogP contribution in [0.4, 0.5) is 23.1 Å². The van der Waals surface area contributed by atoms with Gasteiger partial charge in [-0.2, -0.15) is 4.98 Å². The molecule has 0 radical (unpaired) electrons. The first kappa shape index (κ1) is 20.1. The molecule has 0 aliphatic heterocycles.